The van der Waals surface area contributed by atoms with Crippen molar-refractivity contribution >= 4 is 12.4 Å². The predicted octanol–water partition coefficient (Wildman–Crippen LogP) is 15.9. The minimum Gasteiger partial charge on any atom is -0.316 e. The summed E-state index contributed by atoms with van der Waals surface area (Å²) in [6.45, 7) is 39.7. The molecule has 0 bridgehead atoms. The third-order valence-electron chi connectivity index (χ3n) is 10.3. The molecule has 0 radical (unpaired) electrons. The predicted molar refractivity (Wildman–Crippen MR) is 247 cm³/mol. The van der Waals surface area contributed by atoms with Crippen molar-refractivity contribution in [1.29, 1.82) is 0 Å². The van der Waals surface area contributed by atoms with Crippen LogP contribution in [0.2, 0.25) is 0 Å². The number of carbonyl (C=O) groups is 1. The van der Waals surface area contributed by atoms with Crippen molar-refractivity contribution in [3.05, 3.63) is 124 Å². The Morgan fingerprint density at radius 1 is 0.630 bits per heavy atom. The number of rotatable bonds is 12. The van der Waals surface area contributed by atoms with Crippen molar-refractivity contribution in [2.45, 2.75) is 143 Å². The Bertz CT molecular complexity index is 1570. The van der Waals surface area contributed by atoms with Crippen LogP contribution in [0.25, 0.3) is 28.3 Å². The molecule has 4 aromatic carbocycles. The van der Waals surface area contributed by atoms with Gasteiger partial charge in [0.2, 0.25) is 0 Å². The maximum Gasteiger partial charge on any atom is 0.150 e. The van der Waals surface area contributed by atoms with E-state index in [9.17, 15) is 4.79 Å². The van der Waals surface area contributed by atoms with Crippen LogP contribution in [0.15, 0.2) is 79.4 Å². The van der Waals surface area contributed by atoms with E-state index in [0.717, 1.165) is 42.6 Å². The summed E-state index contributed by atoms with van der Waals surface area (Å²) >= 11 is 0. The van der Waals surface area contributed by atoms with Gasteiger partial charge in [0.25, 0.3) is 0 Å². The molecule has 54 heavy (non-hydrogen) atoms. The number of hydrogen-bond donors (Lipinski definition) is 1. The van der Waals surface area contributed by atoms with Gasteiger partial charge in [-0.05, 0) is 120 Å². The zero-order valence-corrected chi connectivity index (χ0v) is 38.0. The van der Waals surface area contributed by atoms with E-state index in [4.69, 9.17) is 0 Å². The molecule has 0 aromatic heterocycles. The van der Waals surface area contributed by atoms with Crippen molar-refractivity contribution in [3.63, 3.8) is 0 Å². The highest BCUT2D eigenvalue weighted by Crippen LogP contribution is 2.42. The van der Waals surface area contributed by atoms with Crippen LogP contribution in [0.4, 0.5) is 0 Å². The summed E-state index contributed by atoms with van der Waals surface area (Å²) in [4.78, 5) is 10.2. The Kier molecular flexibility index (Phi) is 29.6. The number of carbonyl (C=O) groups excluding carboxylic acids is 1. The molecule has 2 atom stereocenters. The van der Waals surface area contributed by atoms with Gasteiger partial charge in [-0.25, -0.2) is 0 Å². The molecular weight excluding hydrogens is 655 g/mol. The molecule has 0 amide bonds. The van der Waals surface area contributed by atoms with Gasteiger partial charge in [0.1, 0.15) is 6.29 Å². The largest absolute Gasteiger partial charge is 0.316 e. The minimum absolute atomic E-state index is 0.747. The second-order valence-corrected chi connectivity index (χ2v) is 13.3. The number of nitrogens with one attached hydrogen (secondary N) is 1. The van der Waals surface area contributed by atoms with Crippen LogP contribution in [0.1, 0.15) is 152 Å². The lowest BCUT2D eigenvalue weighted by Gasteiger charge is -2.27. The van der Waals surface area contributed by atoms with E-state index in [2.05, 4.69) is 130 Å². The van der Waals surface area contributed by atoms with Gasteiger partial charge in [-0.15, -0.1) is 0 Å². The Balaban J connectivity index is 0. The Hall–Kier alpha value is -3.75. The average molecular weight is 736 g/mol. The van der Waals surface area contributed by atoms with Crippen LogP contribution in [-0.2, 0) is 13.0 Å². The quantitative estimate of drug-likeness (QED) is 0.147. The summed E-state index contributed by atoms with van der Waals surface area (Å²) in [7, 11) is 2.01. The van der Waals surface area contributed by atoms with Gasteiger partial charge >= 0.3 is 0 Å². The zero-order chi connectivity index (χ0) is 41.8. The van der Waals surface area contributed by atoms with Gasteiger partial charge in [0.05, 0.1) is 0 Å². The Morgan fingerprint density at radius 2 is 1.06 bits per heavy atom. The number of aldehydes is 1. The van der Waals surface area contributed by atoms with Crippen LogP contribution < -0.4 is 5.32 Å². The van der Waals surface area contributed by atoms with Crippen molar-refractivity contribution < 1.29 is 4.79 Å². The van der Waals surface area contributed by atoms with Crippen LogP contribution in [0.3, 0.4) is 0 Å². The van der Waals surface area contributed by atoms with Crippen molar-refractivity contribution in [2.75, 3.05) is 7.05 Å². The Labute approximate surface area is 335 Å². The maximum atomic E-state index is 10.2. The van der Waals surface area contributed by atoms with Gasteiger partial charge in [-0.3, -0.25) is 4.79 Å². The first-order chi connectivity index (χ1) is 26.0. The summed E-state index contributed by atoms with van der Waals surface area (Å²) < 4.78 is 0. The van der Waals surface area contributed by atoms with E-state index in [1.807, 2.05) is 78.9 Å². The Morgan fingerprint density at radius 3 is 1.41 bits per heavy atom. The average Bonchev–Trinajstić information content (AvgIpc) is 3.23. The lowest BCUT2D eigenvalue weighted by Crippen LogP contribution is -2.17. The number of benzene rings is 4. The second-order valence-electron chi connectivity index (χ2n) is 13.3. The van der Waals surface area contributed by atoms with E-state index in [1.165, 1.54) is 80.5 Å². The first kappa shape index (κ1) is 52.4. The first-order valence-electron chi connectivity index (χ1n) is 21.1. The summed E-state index contributed by atoms with van der Waals surface area (Å²) in [6.07, 6.45) is 7.94. The van der Waals surface area contributed by atoms with E-state index in [0.29, 0.717) is 0 Å². The summed E-state index contributed by atoms with van der Waals surface area (Å²) in [5, 5.41) is 3.38. The molecular formula is C52H81NO. The van der Waals surface area contributed by atoms with E-state index in [-0.39, 0.29) is 0 Å². The highest BCUT2D eigenvalue weighted by Gasteiger charge is 2.22. The lowest BCUT2D eigenvalue weighted by molar-refractivity contribution is 0.112. The maximum absolute atomic E-state index is 10.2. The standard InChI is InChI=1S/C26H29N.C11H24.C9H10O.3C2H6/c1-7-21-24(16-27-6)26(23-15-11-9-13-18(23)3)20(5)19(4)25(21)22-14-10-8-12-17(22)2;1-6-9(4)11(8-3)10(5)7-2;1-2-8-3-5-9(7-10)6-4-8;3*1-2/h7-15,27H,1,16H2,2-6H3;9-11H,6-8H2,1-5H3;3-7H,2H2,1H3;3*1-2H3. The second kappa shape index (κ2) is 30.6. The highest BCUT2D eigenvalue weighted by molar-refractivity contribution is 5.89. The topological polar surface area (TPSA) is 29.1 Å². The first-order valence-corrected chi connectivity index (χ1v) is 21.1. The molecule has 0 saturated carbocycles. The molecule has 4 rings (SSSR count). The minimum atomic E-state index is 0.747. The molecule has 4 aromatic rings. The molecule has 300 valence electrons. The third kappa shape index (κ3) is 15.5. The number of aryl methyl sites for hydroxylation is 3. The molecule has 0 saturated heterocycles. The van der Waals surface area contributed by atoms with Crippen molar-refractivity contribution in [3.8, 4) is 22.3 Å². The fourth-order valence-corrected chi connectivity index (χ4v) is 6.90. The fraction of sp³-hybridized carbons (Fsp3) is 0.481. The molecule has 2 unspecified atom stereocenters. The molecule has 0 spiro atoms. The monoisotopic (exact) mass is 736 g/mol. The molecule has 2 heteroatoms. The smallest absolute Gasteiger partial charge is 0.150 e. The van der Waals surface area contributed by atoms with Crippen molar-refractivity contribution in [1.82, 2.24) is 5.32 Å². The van der Waals surface area contributed by atoms with Gasteiger partial charge in [0.15, 0.2) is 0 Å². The molecule has 0 aliphatic rings. The SMILES string of the molecule is C=Cc1c(CNC)c(-c2ccccc2C)c(C)c(C)c1-c1ccccc1C.CC.CC.CC.CCC(C)C(CC)C(C)CC.CCc1ccc(C=O)cc1. The molecule has 0 aliphatic carbocycles. The van der Waals surface area contributed by atoms with Gasteiger partial charge in [-0.2, -0.15) is 0 Å². The van der Waals surface area contributed by atoms with Crippen molar-refractivity contribution in [2.24, 2.45) is 17.8 Å². The van der Waals surface area contributed by atoms with E-state index >= 15 is 0 Å². The summed E-state index contributed by atoms with van der Waals surface area (Å²) in [5.41, 5.74) is 15.1. The van der Waals surface area contributed by atoms with E-state index in [1.54, 1.807) is 0 Å². The van der Waals surface area contributed by atoms with Gasteiger partial charge in [0, 0.05) is 12.1 Å². The highest BCUT2D eigenvalue weighted by atomic mass is 16.1. The zero-order valence-electron chi connectivity index (χ0n) is 38.0. The summed E-state index contributed by atoms with van der Waals surface area (Å²) in [6, 6.07) is 24.9. The van der Waals surface area contributed by atoms with Crippen LogP contribution in [0, 0.1) is 45.4 Å². The molecule has 0 aliphatic heterocycles. The van der Waals surface area contributed by atoms with E-state index < -0.39 is 0 Å². The molecule has 0 heterocycles. The van der Waals surface area contributed by atoms with Gasteiger partial charge in [-0.1, -0.05) is 188 Å². The van der Waals surface area contributed by atoms with Gasteiger partial charge < -0.3 is 5.32 Å². The molecule has 1 N–H and O–H groups in total. The molecule has 0 fully saturated rings. The number of hydrogen-bond acceptors (Lipinski definition) is 2. The fourth-order valence-electron chi connectivity index (χ4n) is 6.90. The van der Waals surface area contributed by atoms with Crippen LogP contribution in [-0.4, -0.2) is 13.3 Å². The van der Waals surface area contributed by atoms with Crippen LogP contribution >= 0.6 is 0 Å². The summed E-state index contributed by atoms with van der Waals surface area (Å²) in [5.74, 6) is 2.77. The lowest BCUT2D eigenvalue weighted by atomic mass is 9.79. The van der Waals surface area contributed by atoms with Crippen LogP contribution in [0.5, 0.6) is 0 Å². The molecule has 2 nitrogen and oxygen atoms in total. The third-order valence-corrected chi connectivity index (χ3v) is 10.3. The normalized spacial score (nSPS) is 11.4.